The molecule has 1 aromatic carbocycles. The van der Waals surface area contributed by atoms with Gasteiger partial charge in [0.25, 0.3) is 0 Å². The summed E-state index contributed by atoms with van der Waals surface area (Å²) < 4.78 is 3.74. The van der Waals surface area contributed by atoms with E-state index in [2.05, 4.69) is 26.4 Å². The zero-order valence-corrected chi connectivity index (χ0v) is 14.3. The van der Waals surface area contributed by atoms with Gasteiger partial charge in [-0.05, 0) is 30.2 Å². The summed E-state index contributed by atoms with van der Waals surface area (Å²) in [4.78, 5) is 20.4. The zero-order chi connectivity index (χ0) is 17.9. The fourth-order valence-corrected chi connectivity index (χ4v) is 2.94. The molecule has 0 bridgehead atoms. The molecule has 0 unspecified atom stereocenters. The van der Waals surface area contributed by atoms with Crippen LogP contribution in [0.1, 0.15) is 12.0 Å². The Morgan fingerprint density at radius 3 is 2.96 bits per heavy atom. The van der Waals surface area contributed by atoms with E-state index in [9.17, 15) is 4.79 Å². The van der Waals surface area contributed by atoms with Crippen molar-refractivity contribution < 1.29 is 4.79 Å². The first-order valence-corrected chi connectivity index (χ1v) is 8.38. The number of hydrogen-bond acceptors (Lipinski definition) is 4. The molecule has 0 fully saturated rings. The van der Waals surface area contributed by atoms with Crippen LogP contribution in [0.2, 0.25) is 0 Å². The van der Waals surface area contributed by atoms with E-state index in [1.54, 1.807) is 30.2 Å². The van der Waals surface area contributed by atoms with Crippen LogP contribution in [0, 0.1) is 0 Å². The third kappa shape index (κ3) is 2.95. The van der Waals surface area contributed by atoms with Crippen LogP contribution in [0.5, 0.6) is 0 Å². The fourth-order valence-electron chi connectivity index (χ4n) is 2.94. The minimum Gasteiger partial charge on any atom is -0.359 e. The lowest BCUT2D eigenvalue weighted by atomic mass is 10.1. The third-order valence-electron chi connectivity index (χ3n) is 4.27. The van der Waals surface area contributed by atoms with Crippen molar-refractivity contribution in [1.29, 1.82) is 0 Å². The van der Waals surface area contributed by atoms with Crippen molar-refractivity contribution >= 4 is 11.6 Å². The van der Waals surface area contributed by atoms with Crippen LogP contribution >= 0.6 is 0 Å². The van der Waals surface area contributed by atoms with Gasteiger partial charge in [0, 0.05) is 43.9 Å². The number of nitrogens with one attached hydrogen (secondary N) is 1. The Hall–Kier alpha value is -3.48. The third-order valence-corrected chi connectivity index (χ3v) is 4.27. The van der Waals surface area contributed by atoms with E-state index in [1.807, 2.05) is 41.2 Å². The second-order valence-electron chi connectivity index (χ2n) is 5.91. The quantitative estimate of drug-likeness (QED) is 0.601. The van der Waals surface area contributed by atoms with Crippen molar-refractivity contribution in [3.8, 4) is 17.1 Å². The highest BCUT2D eigenvalue weighted by Crippen LogP contribution is 2.25. The van der Waals surface area contributed by atoms with Crippen molar-refractivity contribution in [2.24, 2.45) is 0 Å². The number of carbonyl (C=O) groups is 1. The Kier molecular flexibility index (Phi) is 4.18. The number of fused-ring (bicyclic) bond motifs is 1. The van der Waals surface area contributed by atoms with E-state index in [-0.39, 0.29) is 5.91 Å². The summed E-state index contributed by atoms with van der Waals surface area (Å²) in [5, 5.41) is 6.99. The van der Waals surface area contributed by atoms with Crippen molar-refractivity contribution in [2.45, 2.75) is 12.8 Å². The molecule has 0 saturated heterocycles. The molecule has 130 valence electrons. The van der Waals surface area contributed by atoms with Crippen molar-refractivity contribution in [3.05, 3.63) is 66.9 Å². The van der Waals surface area contributed by atoms with Gasteiger partial charge in [0.15, 0.2) is 5.65 Å². The SMILES string of the molecule is CNC(=O)CCc1cccc(-n2ccnc2-c2cnn3cccnc23)c1. The first-order valence-electron chi connectivity index (χ1n) is 8.38. The molecule has 0 atom stereocenters. The summed E-state index contributed by atoms with van der Waals surface area (Å²) >= 11 is 0. The summed E-state index contributed by atoms with van der Waals surface area (Å²) in [6.07, 6.45) is 10.2. The number of benzene rings is 1. The van der Waals surface area contributed by atoms with E-state index < -0.39 is 0 Å². The van der Waals surface area contributed by atoms with E-state index in [4.69, 9.17) is 0 Å². The normalized spacial score (nSPS) is 11.0. The monoisotopic (exact) mass is 346 g/mol. The summed E-state index contributed by atoms with van der Waals surface area (Å²) in [5.41, 5.74) is 3.72. The molecule has 1 amide bonds. The number of imidazole rings is 1. The van der Waals surface area contributed by atoms with E-state index >= 15 is 0 Å². The topological polar surface area (TPSA) is 77.1 Å². The Morgan fingerprint density at radius 1 is 1.15 bits per heavy atom. The molecule has 0 aliphatic carbocycles. The molecule has 7 nitrogen and oxygen atoms in total. The average Bonchev–Trinajstić information content (AvgIpc) is 3.32. The van der Waals surface area contributed by atoms with Crippen molar-refractivity contribution in [1.82, 2.24) is 29.5 Å². The van der Waals surface area contributed by atoms with Gasteiger partial charge in [0.1, 0.15) is 5.82 Å². The van der Waals surface area contributed by atoms with Crippen LogP contribution in [-0.2, 0) is 11.2 Å². The highest BCUT2D eigenvalue weighted by atomic mass is 16.1. The average molecular weight is 346 g/mol. The number of hydrogen-bond donors (Lipinski definition) is 1. The second-order valence-corrected chi connectivity index (χ2v) is 5.91. The van der Waals surface area contributed by atoms with Crippen molar-refractivity contribution in [3.63, 3.8) is 0 Å². The predicted molar refractivity (Wildman–Crippen MR) is 97.9 cm³/mol. The minimum absolute atomic E-state index is 0.0381. The smallest absolute Gasteiger partial charge is 0.220 e. The Balaban J connectivity index is 1.70. The van der Waals surface area contributed by atoms with E-state index in [1.165, 1.54) is 0 Å². The number of rotatable bonds is 5. The molecule has 7 heteroatoms. The van der Waals surface area contributed by atoms with Gasteiger partial charge >= 0.3 is 0 Å². The number of aromatic nitrogens is 5. The molecule has 4 aromatic rings. The van der Waals surface area contributed by atoms with E-state index in [0.29, 0.717) is 12.8 Å². The minimum atomic E-state index is 0.0381. The van der Waals surface area contributed by atoms with Gasteiger partial charge in [-0.1, -0.05) is 12.1 Å². The molecule has 0 radical (unpaired) electrons. The molecular weight excluding hydrogens is 328 g/mol. The fraction of sp³-hybridized carbons (Fsp3) is 0.158. The maximum atomic E-state index is 11.5. The Labute approximate surface area is 150 Å². The predicted octanol–water partition coefficient (Wildman–Crippen LogP) is 2.26. The molecule has 3 aromatic heterocycles. The summed E-state index contributed by atoms with van der Waals surface area (Å²) in [6.45, 7) is 0. The lowest BCUT2D eigenvalue weighted by molar-refractivity contribution is -0.120. The molecular formula is C19H18N6O. The molecule has 26 heavy (non-hydrogen) atoms. The van der Waals surface area contributed by atoms with Gasteiger partial charge < -0.3 is 5.32 Å². The van der Waals surface area contributed by atoms with Crippen LogP contribution in [0.4, 0.5) is 0 Å². The second kappa shape index (κ2) is 6.79. The number of amides is 1. The van der Waals surface area contributed by atoms with Crippen LogP contribution in [0.15, 0.2) is 61.3 Å². The van der Waals surface area contributed by atoms with Gasteiger partial charge in [-0.15, -0.1) is 0 Å². The standard InChI is InChI=1S/C19H18N6O/c1-20-17(26)7-6-14-4-2-5-15(12-14)24-11-9-22-18(24)16-13-23-25-10-3-8-21-19(16)25/h2-5,8-13H,6-7H2,1H3,(H,20,26). The Bertz CT molecular complexity index is 1060. The van der Waals surface area contributed by atoms with Gasteiger partial charge in [0.05, 0.1) is 11.8 Å². The summed E-state index contributed by atoms with van der Waals surface area (Å²) in [7, 11) is 1.65. The first-order chi connectivity index (χ1) is 12.8. The summed E-state index contributed by atoms with van der Waals surface area (Å²) in [6, 6.07) is 9.96. The number of carbonyl (C=O) groups excluding carboxylic acids is 1. The molecule has 4 rings (SSSR count). The number of nitrogens with zero attached hydrogens (tertiary/aromatic N) is 5. The first kappa shape index (κ1) is 16.0. The maximum absolute atomic E-state index is 11.5. The van der Waals surface area contributed by atoms with Gasteiger partial charge in [-0.25, -0.2) is 14.5 Å². The highest BCUT2D eigenvalue weighted by molar-refractivity contribution is 5.76. The van der Waals surface area contributed by atoms with Gasteiger partial charge in [-0.3, -0.25) is 9.36 Å². The molecule has 0 aliphatic heterocycles. The molecule has 1 N–H and O–H groups in total. The van der Waals surface area contributed by atoms with E-state index in [0.717, 1.165) is 28.3 Å². The largest absolute Gasteiger partial charge is 0.359 e. The maximum Gasteiger partial charge on any atom is 0.220 e. The molecule has 0 spiro atoms. The summed E-state index contributed by atoms with van der Waals surface area (Å²) in [5.74, 6) is 0.818. The Morgan fingerprint density at radius 2 is 2.08 bits per heavy atom. The van der Waals surface area contributed by atoms with Gasteiger partial charge in [0.2, 0.25) is 5.91 Å². The lowest BCUT2D eigenvalue weighted by Crippen LogP contribution is -2.17. The number of aryl methyl sites for hydroxylation is 1. The van der Waals surface area contributed by atoms with Crippen molar-refractivity contribution in [2.75, 3.05) is 7.05 Å². The van der Waals surface area contributed by atoms with Crippen LogP contribution < -0.4 is 5.32 Å². The zero-order valence-electron chi connectivity index (χ0n) is 14.3. The van der Waals surface area contributed by atoms with Crippen LogP contribution in [-0.4, -0.2) is 37.1 Å². The highest BCUT2D eigenvalue weighted by Gasteiger charge is 2.14. The molecule has 0 saturated carbocycles. The molecule has 3 heterocycles. The van der Waals surface area contributed by atoms with Crippen LogP contribution in [0.3, 0.4) is 0 Å². The molecule has 0 aliphatic rings. The van der Waals surface area contributed by atoms with Crippen LogP contribution in [0.25, 0.3) is 22.7 Å². The van der Waals surface area contributed by atoms with Gasteiger partial charge in [-0.2, -0.15) is 5.10 Å². The lowest BCUT2D eigenvalue weighted by Gasteiger charge is -2.09.